The van der Waals surface area contributed by atoms with Crippen molar-refractivity contribution in [3.05, 3.63) is 29.9 Å². The lowest BCUT2D eigenvalue weighted by Crippen LogP contribution is -2.34. The van der Waals surface area contributed by atoms with E-state index in [1.165, 1.54) is 7.11 Å². The summed E-state index contributed by atoms with van der Waals surface area (Å²) in [5.74, 6) is 2.07. The first-order chi connectivity index (χ1) is 11.6. The number of carbonyl (C=O) groups is 1. The molecule has 3 rings (SSSR count). The minimum Gasteiger partial charge on any atom is -0.493 e. The number of carbonyl (C=O) groups excluding carboxylic acids is 1. The van der Waals surface area contributed by atoms with Crippen molar-refractivity contribution in [1.82, 2.24) is 15.0 Å². The summed E-state index contributed by atoms with van der Waals surface area (Å²) in [7, 11) is 3.09. The van der Waals surface area contributed by atoms with E-state index in [1.54, 1.807) is 37.1 Å². The fourth-order valence-electron chi connectivity index (χ4n) is 2.89. The number of ether oxygens (including phenoxy) is 2. The number of urea groups is 1. The summed E-state index contributed by atoms with van der Waals surface area (Å²) in [6.45, 7) is 2.39. The summed E-state index contributed by atoms with van der Waals surface area (Å²) >= 11 is 0. The van der Waals surface area contributed by atoms with Crippen molar-refractivity contribution in [2.75, 3.05) is 26.1 Å². The highest BCUT2D eigenvalue weighted by molar-refractivity contribution is 5.92. The van der Waals surface area contributed by atoms with Gasteiger partial charge in [0.05, 0.1) is 19.9 Å². The van der Waals surface area contributed by atoms with Gasteiger partial charge in [-0.05, 0) is 31.9 Å². The Morgan fingerprint density at radius 3 is 2.88 bits per heavy atom. The third kappa shape index (κ3) is 2.99. The summed E-state index contributed by atoms with van der Waals surface area (Å²) in [6, 6.07) is 4.89. The number of aryl methyl sites for hydroxylation is 1. The van der Waals surface area contributed by atoms with Crippen LogP contribution >= 0.6 is 0 Å². The van der Waals surface area contributed by atoms with Crippen LogP contribution in [0.1, 0.15) is 30.6 Å². The van der Waals surface area contributed by atoms with Gasteiger partial charge < -0.3 is 24.2 Å². The third-order valence-electron chi connectivity index (χ3n) is 3.99. The van der Waals surface area contributed by atoms with Gasteiger partial charge in [0.2, 0.25) is 5.89 Å². The summed E-state index contributed by atoms with van der Waals surface area (Å²) in [5, 5.41) is 6.68. The molecule has 0 aliphatic carbocycles. The Balaban J connectivity index is 1.79. The molecule has 1 aliphatic heterocycles. The number of methoxy groups -OCH3 is 2. The lowest BCUT2D eigenvalue weighted by atomic mass is 10.2. The minimum absolute atomic E-state index is 0.206. The third-order valence-corrected chi connectivity index (χ3v) is 3.99. The number of hydrogen-bond donors (Lipinski definition) is 1. The molecular formula is C16H20N4O4. The normalized spacial score (nSPS) is 17.0. The van der Waals surface area contributed by atoms with Crippen molar-refractivity contribution in [2.45, 2.75) is 25.8 Å². The summed E-state index contributed by atoms with van der Waals surface area (Å²) in [5.41, 5.74) is 0.550. The molecule has 0 spiro atoms. The van der Waals surface area contributed by atoms with Crippen LogP contribution in [-0.2, 0) is 0 Å². The van der Waals surface area contributed by atoms with Gasteiger partial charge in [-0.25, -0.2) is 4.79 Å². The van der Waals surface area contributed by atoms with Gasteiger partial charge in [-0.3, -0.25) is 0 Å². The van der Waals surface area contributed by atoms with Gasteiger partial charge in [0.25, 0.3) is 0 Å². The Labute approximate surface area is 139 Å². The quantitative estimate of drug-likeness (QED) is 0.926. The number of nitrogens with one attached hydrogen (secondary N) is 1. The van der Waals surface area contributed by atoms with E-state index in [0.29, 0.717) is 35.4 Å². The number of benzene rings is 1. The molecule has 128 valence electrons. The number of para-hydroxylation sites is 1. The standard InChI is InChI=1S/C16H20N4O4/c1-10-17-15(24-19-10)12-7-5-9-20(12)16(21)18-11-6-4-8-13(22-2)14(11)23-3/h4,6,8,12H,5,7,9H2,1-3H3,(H,18,21). The zero-order chi connectivity index (χ0) is 17.1. The Hall–Kier alpha value is -2.77. The minimum atomic E-state index is -0.236. The van der Waals surface area contributed by atoms with E-state index in [4.69, 9.17) is 14.0 Å². The van der Waals surface area contributed by atoms with E-state index in [-0.39, 0.29) is 12.1 Å². The van der Waals surface area contributed by atoms with Crippen LogP contribution in [0.15, 0.2) is 22.7 Å². The van der Waals surface area contributed by atoms with Gasteiger partial charge in [-0.2, -0.15) is 4.98 Å². The fourth-order valence-corrected chi connectivity index (χ4v) is 2.89. The number of rotatable bonds is 4. The first kappa shape index (κ1) is 16.1. The number of likely N-dealkylation sites (tertiary alicyclic amines) is 1. The molecule has 1 fully saturated rings. The lowest BCUT2D eigenvalue weighted by Gasteiger charge is -2.23. The van der Waals surface area contributed by atoms with E-state index >= 15 is 0 Å². The smallest absolute Gasteiger partial charge is 0.322 e. The second-order valence-corrected chi connectivity index (χ2v) is 5.50. The van der Waals surface area contributed by atoms with Crippen LogP contribution < -0.4 is 14.8 Å². The van der Waals surface area contributed by atoms with Gasteiger partial charge in [0, 0.05) is 6.54 Å². The van der Waals surface area contributed by atoms with Crippen LogP contribution in [0.4, 0.5) is 10.5 Å². The van der Waals surface area contributed by atoms with E-state index in [0.717, 1.165) is 12.8 Å². The Morgan fingerprint density at radius 2 is 2.21 bits per heavy atom. The molecular weight excluding hydrogens is 312 g/mol. The Morgan fingerprint density at radius 1 is 1.38 bits per heavy atom. The summed E-state index contributed by atoms with van der Waals surface area (Å²) in [6.07, 6.45) is 1.68. The molecule has 1 N–H and O–H groups in total. The van der Waals surface area contributed by atoms with Gasteiger partial charge in [0.1, 0.15) is 6.04 Å². The molecule has 1 aliphatic rings. The van der Waals surface area contributed by atoms with Gasteiger partial charge in [0.15, 0.2) is 17.3 Å². The van der Waals surface area contributed by atoms with Crippen molar-refractivity contribution in [3.8, 4) is 11.5 Å². The topological polar surface area (TPSA) is 89.7 Å². The molecule has 0 saturated carbocycles. The van der Waals surface area contributed by atoms with Crippen LogP contribution in [-0.4, -0.2) is 41.8 Å². The molecule has 24 heavy (non-hydrogen) atoms. The van der Waals surface area contributed by atoms with Crippen LogP contribution in [0, 0.1) is 6.92 Å². The molecule has 8 nitrogen and oxygen atoms in total. The predicted molar refractivity (Wildman–Crippen MR) is 86.3 cm³/mol. The zero-order valence-corrected chi connectivity index (χ0v) is 13.9. The Kier molecular flexibility index (Phi) is 4.54. The molecule has 2 amide bonds. The molecule has 1 atom stereocenters. The van der Waals surface area contributed by atoms with E-state index in [2.05, 4.69) is 15.5 Å². The predicted octanol–water partition coefficient (Wildman–Crippen LogP) is 2.76. The van der Waals surface area contributed by atoms with Gasteiger partial charge >= 0.3 is 6.03 Å². The van der Waals surface area contributed by atoms with Crippen LogP contribution in [0.3, 0.4) is 0 Å². The zero-order valence-electron chi connectivity index (χ0n) is 13.9. The van der Waals surface area contributed by atoms with Crippen LogP contribution in [0.2, 0.25) is 0 Å². The van der Waals surface area contributed by atoms with Crippen LogP contribution in [0.25, 0.3) is 0 Å². The molecule has 1 aromatic carbocycles. The molecule has 2 aromatic rings. The second kappa shape index (κ2) is 6.77. The van der Waals surface area contributed by atoms with Crippen molar-refractivity contribution in [3.63, 3.8) is 0 Å². The second-order valence-electron chi connectivity index (χ2n) is 5.50. The van der Waals surface area contributed by atoms with Crippen molar-refractivity contribution in [2.24, 2.45) is 0 Å². The highest BCUT2D eigenvalue weighted by Gasteiger charge is 2.34. The van der Waals surface area contributed by atoms with Crippen molar-refractivity contribution in [1.29, 1.82) is 0 Å². The fraction of sp³-hybridized carbons (Fsp3) is 0.438. The monoisotopic (exact) mass is 332 g/mol. The first-order valence-corrected chi connectivity index (χ1v) is 7.73. The van der Waals surface area contributed by atoms with Gasteiger partial charge in [-0.15, -0.1) is 0 Å². The first-order valence-electron chi connectivity index (χ1n) is 7.73. The average Bonchev–Trinajstić information content (AvgIpc) is 3.23. The van der Waals surface area contributed by atoms with E-state index in [1.807, 2.05) is 0 Å². The molecule has 2 heterocycles. The van der Waals surface area contributed by atoms with Gasteiger partial charge in [-0.1, -0.05) is 11.2 Å². The maximum Gasteiger partial charge on any atom is 0.322 e. The maximum absolute atomic E-state index is 12.7. The molecule has 0 radical (unpaired) electrons. The lowest BCUT2D eigenvalue weighted by molar-refractivity contribution is 0.193. The number of hydrogen-bond acceptors (Lipinski definition) is 6. The average molecular weight is 332 g/mol. The van der Waals surface area contributed by atoms with Crippen molar-refractivity contribution < 1.29 is 18.8 Å². The SMILES string of the molecule is COc1cccc(NC(=O)N2CCCC2c2nc(C)no2)c1OC. The number of anilines is 1. The molecule has 1 unspecified atom stereocenters. The molecule has 0 bridgehead atoms. The molecule has 8 heteroatoms. The largest absolute Gasteiger partial charge is 0.493 e. The maximum atomic E-state index is 12.7. The van der Waals surface area contributed by atoms with E-state index < -0.39 is 0 Å². The summed E-state index contributed by atoms with van der Waals surface area (Å²) in [4.78, 5) is 18.7. The molecule has 1 saturated heterocycles. The summed E-state index contributed by atoms with van der Waals surface area (Å²) < 4.78 is 15.8. The highest BCUT2D eigenvalue weighted by atomic mass is 16.5. The number of amides is 2. The molecule has 1 aromatic heterocycles. The van der Waals surface area contributed by atoms with Crippen molar-refractivity contribution >= 4 is 11.7 Å². The Bertz CT molecular complexity index is 731. The van der Waals surface area contributed by atoms with Crippen LogP contribution in [0.5, 0.6) is 11.5 Å². The highest BCUT2D eigenvalue weighted by Crippen LogP contribution is 2.36. The van der Waals surface area contributed by atoms with E-state index in [9.17, 15) is 4.79 Å². The number of nitrogens with zero attached hydrogens (tertiary/aromatic N) is 3. The number of aromatic nitrogens is 2.